The van der Waals surface area contributed by atoms with Crippen LogP contribution >= 0.6 is 0 Å². The molecule has 0 saturated heterocycles. The van der Waals surface area contributed by atoms with Gasteiger partial charge in [-0.3, -0.25) is 0 Å². The fourth-order valence-electron chi connectivity index (χ4n) is 1.43. The fourth-order valence-corrected chi connectivity index (χ4v) is 1.43. The number of rotatable bonds is 5. The first kappa shape index (κ1) is 13.9. The Morgan fingerprint density at radius 2 is 2.06 bits per heavy atom. The number of anilines is 1. The average molecular weight is 238 g/mol. The van der Waals surface area contributed by atoms with E-state index in [-0.39, 0.29) is 12.0 Å². The molecule has 17 heavy (non-hydrogen) atoms. The molecule has 0 atom stereocenters. The summed E-state index contributed by atoms with van der Waals surface area (Å²) in [7, 11) is 1.67. The average Bonchev–Trinajstić information content (AvgIpc) is 2.28. The van der Waals surface area contributed by atoms with Crippen LogP contribution < -0.4 is 5.32 Å². The Morgan fingerprint density at radius 1 is 1.35 bits per heavy atom. The molecule has 4 heteroatoms. The molecular weight excluding hydrogens is 216 g/mol. The van der Waals surface area contributed by atoms with Crippen LogP contribution in [0.3, 0.4) is 0 Å². The van der Waals surface area contributed by atoms with Gasteiger partial charge in [0.2, 0.25) is 0 Å². The van der Waals surface area contributed by atoms with Gasteiger partial charge in [0.1, 0.15) is 5.82 Å². The zero-order chi connectivity index (χ0) is 12.9. The van der Waals surface area contributed by atoms with Gasteiger partial charge in [0.05, 0.1) is 13.2 Å². The van der Waals surface area contributed by atoms with Crippen LogP contribution in [0, 0.1) is 0 Å². The van der Waals surface area contributed by atoms with Crippen LogP contribution in [0.25, 0.3) is 0 Å². The zero-order valence-corrected chi connectivity index (χ0v) is 11.1. The van der Waals surface area contributed by atoms with Gasteiger partial charge in [-0.25, -0.2) is 4.98 Å². The van der Waals surface area contributed by atoms with Crippen molar-refractivity contribution >= 4 is 5.82 Å². The summed E-state index contributed by atoms with van der Waals surface area (Å²) >= 11 is 0. The van der Waals surface area contributed by atoms with Gasteiger partial charge in [-0.05, 0) is 17.7 Å². The fraction of sp³-hybridized carbons (Fsp3) is 0.615. The first-order valence-electron chi connectivity index (χ1n) is 5.82. The van der Waals surface area contributed by atoms with Gasteiger partial charge in [0, 0.05) is 24.8 Å². The van der Waals surface area contributed by atoms with Gasteiger partial charge >= 0.3 is 0 Å². The van der Waals surface area contributed by atoms with E-state index in [9.17, 15) is 5.11 Å². The third kappa shape index (κ3) is 4.32. The van der Waals surface area contributed by atoms with Crippen LogP contribution in [-0.4, -0.2) is 30.4 Å². The molecule has 0 amide bonds. The van der Waals surface area contributed by atoms with Gasteiger partial charge in [-0.15, -0.1) is 0 Å². The van der Waals surface area contributed by atoms with E-state index in [1.165, 1.54) is 0 Å². The lowest BCUT2D eigenvalue weighted by Gasteiger charge is -2.20. The molecule has 1 heterocycles. The van der Waals surface area contributed by atoms with E-state index in [2.05, 4.69) is 31.1 Å². The van der Waals surface area contributed by atoms with Gasteiger partial charge in [0.15, 0.2) is 0 Å². The predicted octanol–water partition coefficient (Wildman–Crippen LogP) is 1.93. The molecule has 0 aliphatic rings. The first-order chi connectivity index (χ1) is 7.97. The molecule has 0 radical (unpaired) electrons. The van der Waals surface area contributed by atoms with Crippen molar-refractivity contribution in [1.82, 2.24) is 4.98 Å². The van der Waals surface area contributed by atoms with Crippen LogP contribution in [0.5, 0.6) is 0 Å². The summed E-state index contributed by atoms with van der Waals surface area (Å²) < 4.78 is 4.98. The van der Waals surface area contributed by atoms with Crippen molar-refractivity contribution in [1.29, 1.82) is 0 Å². The Hall–Kier alpha value is -1.13. The molecule has 0 aliphatic carbocycles. The summed E-state index contributed by atoms with van der Waals surface area (Å²) in [6.07, 6.45) is 0. The Balaban J connectivity index is 2.89. The summed E-state index contributed by atoms with van der Waals surface area (Å²) in [5, 5.41) is 12.4. The number of nitrogens with zero attached hydrogens (tertiary/aromatic N) is 1. The quantitative estimate of drug-likeness (QED) is 0.770. The molecule has 0 aromatic carbocycles. The molecule has 96 valence electrons. The molecule has 4 nitrogen and oxygen atoms in total. The minimum Gasteiger partial charge on any atom is -0.392 e. The number of ether oxygens (including phenoxy) is 1. The smallest absolute Gasteiger partial charge is 0.126 e. The molecule has 0 aliphatic heterocycles. The highest BCUT2D eigenvalue weighted by atomic mass is 16.5. The molecule has 0 fully saturated rings. The van der Waals surface area contributed by atoms with Crippen molar-refractivity contribution in [2.24, 2.45) is 0 Å². The highest BCUT2D eigenvalue weighted by Gasteiger charge is 2.16. The largest absolute Gasteiger partial charge is 0.392 e. The lowest BCUT2D eigenvalue weighted by Crippen LogP contribution is -2.16. The number of aliphatic hydroxyl groups is 1. The number of pyridine rings is 1. The minimum absolute atomic E-state index is 0.0249. The molecule has 1 aromatic rings. The number of aliphatic hydroxyl groups excluding tert-OH is 1. The van der Waals surface area contributed by atoms with Crippen molar-refractivity contribution in [2.75, 3.05) is 25.6 Å². The summed E-state index contributed by atoms with van der Waals surface area (Å²) in [5.74, 6) is 0.790. The van der Waals surface area contributed by atoms with E-state index in [4.69, 9.17) is 4.74 Å². The highest BCUT2D eigenvalue weighted by Crippen LogP contribution is 2.23. The topological polar surface area (TPSA) is 54.4 Å². The van der Waals surface area contributed by atoms with Crippen molar-refractivity contribution in [2.45, 2.75) is 32.8 Å². The molecule has 1 rings (SSSR count). The highest BCUT2D eigenvalue weighted by molar-refractivity contribution is 5.41. The summed E-state index contributed by atoms with van der Waals surface area (Å²) in [4.78, 5) is 4.55. The maximum Gasteiger partial charge on any atom is 0.126 e. The first-order valence-corrected chi connectivity index (χ1v) is 5.82. The summed E-state index contributed by atoms with van der Waals surface area (Å²) in [6.45, 7) is 7.70. The lowest BCUT2D eigenvalue weighted by atomic mass is 9.91. The van der Waals surface area contributed by atoms with Crippen molar-refractivity contribution in [3.8, 4) is 0 Å². The van der Waals surface area contributed by atoms with Crippen LogP contribution in [0.4, 0.5) is 5.82 Å². The second kappa shape index (κ2) is 5.98. The minimum atomic E-state index is -0.0249. The van der Waals surface area contributed by atoms with E-state index in [0.29, 0.717) is 13.2 Å². The van der Waals surface area contributed by atoms with Gasteiger partial charge in [0.25, 0.3) is 0 Å². The zero-order valence-electron chi connectivity index (χ0n) is 11.1. The van der Waals surface area contributed by atoms with E-state index >= 15 is 0 Å². The Morgan fingerprint density at radius 3 is 2.59 bits per heavy atom. The molecule has 0 unspecified atom stereocenters. The maximum atomic E-state index is 9.24. The van der Waals surface area contributed by atoms with E-state index in [1.807, 2.05) is 12.1 Å². The third-order valence-electron chi connectivity index (χ3n) is 2.45. The standard InChI is InChI=1S/C13H22N2O2/c1-13(2,3)11-7-10(9-16)8-12(15-11)14-5-6-17-4/h7-8,16H,5-6,9H2,1-4H3,(H,14,15). The van der Waals surface area contributed by atoms with Crippen LogP contribution in [0.15, 0.2) is 12.1 Å². The Labute approximate surface area is 103 Å². The van der Waals surface area contributed by atoms with Gasteiger partial charge in [-0.2, -0.15) is 0 Å². The predicted molar refractivity (Wildman–Crippen MR) is 69.2 cm³/mol. The van der Waals surface area contributed by atoms with E-state index < -0.39 is 0 Å². The number of methoxy groups -OCH3 is 1. The number of aromatic nitrogens is 1. The van der Waals surface area contributed by atoms with Gasteiger partial charge in [-0.1, -0.05) is 20.8 Å². The monoisotopic (exact) mass is 238 g/mol. The second-order valence-corrected chi connectivity index (χ2v) is 5.07. The van der Waals surface area contributed by atoms with Crippen LogP contribution in [0.2, 0.25) is 0 Å². The number of nitrogens with one attached hydrogen (secondary N) is 1. The van der Waals surface area contributed by atoms with Crippen LogP contribution in [-0.2, 0) is 16.8 Å². The maximum absolute atomic E-state index is 9.24. The number of hydrogen-bond donors (Lipinski definition) is 2. The summed E-state index contributed by atoms with van der Waals surface area (Å²) in [5.41, 5.74) is 1.83. The van der Waals surface area contributed by atoms with Crippen molar-refractivity contribution < 1.29 is 9.84 Å². The molecular formula is C13H22N2O2. The van der Waals surface area contributed by atoms with E-state index in [0.717, 1.165) is 17.1 Å². The van der Waals surface area contributed by atoms with Crippen molar-refractivity contribution in [3.05, 3.63) is 23.4 Å². The lowest BCUT2D eigenvalue weighted by molar-refractivity contribution is 0.210. The van der Waals surface area contributed by atoms with Crippen LogP contribution in [0.1, 0.15) is 32.0 Å². The molecule has 0 bridgehead atoms. The molecule has 0 spiro atoms. The normalized spacial score (nSPS) is 11.6. The molecule has 1 aromatic heterocycles. The molecule has 0 saturated carbocycles. The Bertz CT molecular complexity index is 359. The summed E-state index contributed by atoms with van der Waals surface area (Å²) in [6, 6.07) is 3.81. The van der Waals surface area contributed by atoms with Crippen molar-refractivity contribution in [3.63, 3.8) is 0 Å². The Kier molecular flexibility index (Phi) is 4.90. The van der Waals surface area contributed by atoms with E-state index in [1.54, 1.807) is 7.11 Å². The molecule has 2 N–H and O–H groups in total. The third-order valence-corrected chi connectivity index (χ3v) is 2.45. The van der Waals surface area contributed by atoms with Gasteiger partial charge < -0.3 is 15.2 Å². The number of hydrogen-bond acceptors (Lipinski definition) is 4. The SMILES string of the molecule is COCCNc1cc(CO)cc(C(C)(C)C)n1. The second-order valence-electron chi connectivity index (χ2n) is 5.07.